The number of hydrogen-bond acceptors (Lipinski definition) is 7. The number of carboxylic acid groups (broad SMARTS) is 1. The number of carbonyl (C=O) groups is 2. The minimum atomic E-state index is -3.80. The quantitative estimate of drug-likeness (QED) is 0.114. The highest BCUT2D eigenvalue weighted by atomic mass is 32.2. The maximum atomic E-state index is 12.5. The second-order valence-electron chi connectivity index (χ2n) is 8.48. The van der Waals surface area contributed by atoms with Crippen molar-refractivity contribution in [2.24, 2.45) is 5.73 Å². The van der Waals surface area contributed by atoms with E-state index < -0.39 is 22.0 Å². The molecule has 9 nitrogen and oxygen atoms in total. The first-order valence-corrected chi connectivity index (χ1v) is 13.6. The van der Waals surface area contributed by atoms with Gasteiger partial charge in [-0.2, -0.15) is 0 Å². The van der Waals surface area contributed by atoms with Crippen LogP contribution in [0.5, 0.6) is 5.75 Å². The van der Waals surface area contributed by atoms with E-state index in [0.29, 0.717) is 37.0 Å². The summed E-state index contributed by atoms with van der Waals surface area (Å²) in [6.45, 7) is 2.15. The van der Waals surface area contributed by atoms with Crippen molar-refractivity contribution < 1.29 is 27.9 Å². The van der Waals surface area contributed by atoms with Crippen LogP contribution < -0.4 is 15.2 Å². The Morgan fingerprint density at radius 3 is 2.39 bits per heavy atom. The number of ether oxygens (including phenoxy) is 1. The minimum Gasteiger partial charge on any atom is -0.481 e. The number of nitrogens with two attached hydrogens (primary N) is 1. The van der Waals surface area contributed by atoms with Gasteiger partial charge in [-0.15, -0.1) is 0 Å². The number of aliphatic carboxylic acids is 1. The molecule has 0 aliphatic heterocycles. The lowest BCUT2D eigenvalue weighted by atomic mass is 10.0. The number of carbonyl (C=O) groups excluding carboxylic acids is 1. The summed E-state index contributed by atoms with van der Waals surface area (Å²) in [5, 5.41) is 16.7. The van der Waals surface area contributed by atoms with Crippen molar-refractivity contribution in [2.75, 3.05) is 6.54 Å². The average Bonchev–Trinajstić information content (AvgIpc) is 2.84. The van der Waals surface area contributed by atoms with Crippen LogP contribution in [-0.4, -0.2) is 37.7 Å². The zero-order valence-electron chi connectivity index (χ0n) is 20.6. The second-order valence-corrected chi connectivity index (χ2v) is 10.2. The summed E-state index contributed by atoms with van der Waals surface area (Å²) in [5.41, 5.74) is 8.75. The summed E-state index contributed by atoms with van der Waals surface area (Å²) in [5.74, 6) is -1.13. The third-order valence-electron chi connectivity index (χ3n) is 5.54. The molecule has 0 fully saturated rings. The molecule has 0 aromatic heterocycles. The zero-order valence-corrected chi connectivity index (χ0v) is 21.4. The number of benzene rings is 2. The molecule has 0 saturated heterocycles. The Balaban J connectivity index is 1.88. The molecule has 0 spiro atoms. The Kier molecular flexibility index (Phi) is 11.7. The first kappa shape index (κ1) is 29.2. The van der Waals surface area contributed by atoms with Crippen LogP contribution >= 0.6 is 0 Å². The number of esters is 1. The highest BCUT2D eigenvalue weighted by molar-refractivity contribution is 7.89. The zero-order chi connectivity index (χ0) is 26.6. The smallest absolute Gasteiger partial charge is 0.311 e. The molecule has 0 aliphatic rings. The van der Waals surface area contributed by atoms with E-state index in [4.69, 9.17) is 21.0 Å². The first-order chi connectivity index (χ1) is 17.2. The third-order valence-corrected chi connectivity index (χ3v) is 7.00. The van der Waals surface area contributed by atoms with Gasteiger partial charge in [0, 0.05) is 37.2 Å². The molecule has 0 amide bonds. The third kappa shape index (κ3) is 9.52. The number of nitrogens with one attached hydrogen (secondary N) is 2. The fourth-order valence-electron chi connectivity index (χ4n) is 3.55. The van der Waals surface area contributed by atoms with Gasteiger partial charge < -0.3 is 21.0 Å². The number of sulfonamides is 1. The van der Waals surface area contributed by atoms with E-state index >= 15 is 0 Å². The molecule has 0 atom stereocenters. The molecule has 36 heavy (non-hydrogen) atoms. The monoisotopic (exact) mass is 517 g/mol. The molecule has 2 aromatic carbocycles. The number of rotatable bonds is 16. The van der Waals surface area contributed by atoms with Crippen molar-refractivity contribution in [3.63, 3.8) is 0 Å². The van der Waals surface area contributed by atoms with Crippen molar-refractivity contribution in [3.8, 4) is 5.75 Å². The Bertz CT molecular complexity index is 1150. The summed E-state index contributed by atoms with van der Waals surface area (Å²) >= 11 is 0. The van der Waals surface area contributed by atoms with Crippen LogP contribution in [0.25, 0.3) is 0 Å². The highest BCUT2D eigenvalue weighted by Crippen LogP contribution is 2.23. The summed E-state index contributed by atoms with van der Waals surface area (Å²) in [4.78, 5) is 22.9. The number of hydrogen-bond donors (Lipinski definition) is 4. The fraction of sp³-hybridized carbons (Fsp3) is 0.423. The molecular formula is C26H35N3O6S. The van der Waals surface area contributed by atoms with Gasteiger partial charge in [0.2, 0.25) is 10.0 Å². The fourth-order valence-corrected chi connectivity index (χ4v) is 4.67. The Hall–Kier alpha value is -3.08. The van der Waals surface area contributed by atoms with Gasteiger partial charge >= 0.3 is 11.9 Å². The predicted octanol–water partition coefficient (Wildman–Crippen LogP) is 3.77. The van der Waals surface area contributed by atoms with E-state index in [1.165, 1.54) is 18.2 Å². The molecule has 196 valence electrons. The van der Waals surface area contributed by atoms with Crippen LogP contribution in [0.3, 0.4) is 0 Å². The Morgan fingerprint density at radius 2 is 1.75 bits per heavy atom. The van der Waals surface area contributed by atoms with Crippen LogP contribution in [0, 0.1) is 5.41 Å². The highest BCUT2D eigenvalue weighted by Gasteiger charge is 2.17. The summed E-state index contributed by atoms with van der Waals surface area (Å²) in [6.07, 6.45) is 3.89. The summed E-state index contributed by atoms with van der Waals surface area (Å²) < 4.78 is 32.9. The summed E-state index contributed by atoms with van der Waals surface area (Å²) in [7, 11) is -3.80. The van der Waals surface area contributed by atoms with E-state index in [-0.39, 0.29) is 36.6 Å². The van der Waals surface area contributed by atoms with Gasteiger partial charge in [0.1, 0.15) is 5.75 Å². The van der Waals surface area contributed by atoms with Gasteiger partial charge in [0.05, 0.1) is 4.90 Å². The van der Waals surface area contributed by atoms with E-state index in [0.717, 1.165) is 24.0 Å². The van der Waals surface area contributed by atoms with E-state index in [2.05, 4.69) is 4.72 Å². The van der Waals surface area contributed by atoms with Gasteiger partial charge in [-0.3, -0.25) is 9.59 Å². The maximum Gasteiger partial charge on any atom is 0.311 e. The summed E-state index contributed by atoms with van der Waals surface area (Å²) in [6, 6.07) is 11.9. The molecule has 0 saturated carbocycles. The molecule has 0 unspecified atom stereocenters. The molecule has 0 heterocycles. The molecule has 10 heteroatoms. The first-order valence-electron chi connectivity index (χ1n) is 12.1. The van der Waals surface area contributed by atoms with E-state index in [1.807, 2.05) is 31.2 Å². The molecular weight excluding hydrogens is 482 g/mol. The lowest BCUT2D eigenvalue weighted by Gasteiger charge is -2.12. The number of carboxylic acids is 1. The molecule has 0 radical (unpaired) electrons. The molecule has 0 aliphatic carbocycles. The lowest BCUT2D eigenvalue weighted by molar-refractivity contribution is -0.137. The van der Waals surface area contributed by atoms with Gasteiger partial charge in [-0.1, -0.05) is 37.6 Å². The van der Waals surface area contributed by atoms with Crippen molar-refractivity contribution >= 4 is 27.7 Å². The van der Waals surface area contributed by atoms with Crippen LogP contribution in [0.2, 0.25) is 0 Å². The number of aryl methyl sites for hydroxylation is 1. The minimum absolute atomic E-state index is 0.00329. The Labute approximate surface area is 212 Å². The predicted molar refractivity (Wildman–Crippen MR) is 138 cm³/mol. The topological polar surface area (TPSA) is 160 Å². The molecule has 0 bridgehead atoms. The van der Waals surface area contributed by atoms with Crippen molar-refractivity contribution in [3.05, 3.63) is 59.2 Å². The average molecular weight is 518 g/mol. The maximum absolute atomic E-state index is 12.5. The van der Waals surface area contributed by atoms with Gasteiger partial charge in [0.15, 0.2) is 0 Å². The van der Waals surface area contributed by atoms with E-state index in [9.17, 15) is 18.0 Å². The van der Waals surface area contributed by atoms with Crippen LogP contribution in [-0.2, 0) is 32.6 Å². The van der Waals surface area contributed by atoms with Gasteiger partial charge in [-0.05, 0) is 61.4 Å². The van der Waals surface area contributed by atoms with Crippen LogP contribution in [0.1, 0.15) is 68.6 Å². The molecule has 5 N–H and O–H groups in total. The second kappa shape index (κ2) is 14.5. The lowest BCUT2D eigenvalue weighted by Crippen LogP contribution is -2.25. The normalized spacial score (nSPS) is 11.3. The Morgan fingerprint density at radius 1 is 1.03 bits per heavy atom. The van der Waals surface area contributed by atoms with Crippen molar-refractivity contribution in [1.29, 1.82) is 5.41 Å². The SMILES string of the molecule is CCCC(=N)c1ccc(CCCC(=O)Oc2ccc(S(=O)(=O)NCCCCC(=O)O)cc2CN)cc1. The number of unbranched alkanes of at least 4 members (excludes halogenated alkanes) is 1. The van der Waals surface area contributed by atoms with E-state index in [1.54, 1.807) is 0 Å². The van der Waals surface area contributed by atoms with Crippen molar-refractivity contribution in [2.45, 2.75) is 69.7 Å². The molecule has 2 rings (SSSR count). The van der Waals surface area contributed by atoms with Gasteiger partial charge in [-0.25, -0.2) is 13.1 Å². The standard InChI is InChI=1S/C26H35N3O6S/c1-2-6-23(28)20-12-10-19(11-13-20)7-5-9-26(32)35-24-15-14-22(17-21(24)18-27)36(33,34)29-16-4-3-8-25(30)31/h10-15,17,28-29H,2-9,16,18,27H2,1H3,(H,30,31). The molecule has 2 aromatic rings. The van der Waals surface area contributed by atoms with Crippen LogP contribution in [0.15, 0.2) is 47.4 Å². The largest absolute Gasteiger partial charge is 0.481 e. The van der Waals surface area contributed by atoms with Crippen molar-refractivity contribution in [1.82, 2.24) is 4.72 Å². The van der Waals surface area contributed by atoms with Crippen LogP contribution in [0.4, 0.5) is 0 Å². The van der Waals surface area contributed by atoms with Gasteiger partial charge in [0.25, 0.3) is 0 Å².